The van der Waals surface area contributed by atoms with Crippen molar-refractivity contribution in [2.45, 2.75) is 50.9 Å². The van der Waals surface area contributed by atoms with Crippen molar-refractivity contribution in [1.29, 1.82) is 0 Å². The number of nitrogens with one attached hydrogen (secondary N) is 2. The number of imidazole rings is 1. The van der Waals surface area contributed by atoms with Gasteiger partial charge >= 0.3 is 23.5 Å². The number of methoxy groups -OCH3 is 1. The van der Waals surface area contributed by atoms with Gasteiger partial charge in [0.05, 0.1) is 26.7 Å². The lowest BCUT2D eigenvalue weighted by Crippen LogP contribution is -2.46. The molecule has 1 saturated heterocycles. The predicted octanol–water partition coefficient (Wildman–Crippen LogP) is -0.202. The Bertz CT molecular complexity index is 2280. The topological polar surface area (TPSA) is 413 Å². The number of ether oxygens (including phenoxy) is 2. The van der Waals surface area contributed by atoms with Gasteiger partial charge in [-0.1, -0.05) is 25.6 Å². The summed E-state index contributed by atoms with van der Waals surface area (Å²) in [7, 11) is -15.2. The van der Waals surface area contributed by atoms with Gasteiger partial charge in [0.15, 0.2) is 29.2 Å². The molecule has 344 valence electrons. The molecule has 1 aromatic carbocycles. The molecule has 3 unspecified atom stereocenters. The Morgan fingerprint density at radius 1 is 1.03 bits per heavy atom. The van der Waals surface area contributed by atoms with E-state index in [4.69, 9.17) is 24.3 Å². The highest BCUT2D eigenvalue weighted by atomic mass is 32.2. The molecule has 3 aromatic rings. The molecule has 1 aliphatic rings. The normalized spacial score (nSPS) is 20.7. The van der Waals surface area contributed by atoms with E-state index in [0.717, 1.165) is 35.0 Å². The molecule has 12 N–H and O–H groups in total. The zero-order chi connectivity index (χ0) is 46.2. The number of phosphoric ester groups is 3. The van der Waals surface area contributed by atoms with Crippen LogP contribution in [-0.2, 0) is 50.7 Å². The zero-order valence-corrected chi connectivity index (χ0v) is 36.2. The first-order valence-corrected chi connectivity index (χ1v) is 23.2. The minimum Gasteiger partial charge on any atom is -0.507 e. The molecule has 62 heavy (non-hydrogen) atoms. The number of carbonyl (C=O) groups is 3. The fourth-order valence-electron chi connectivity index (χ4n) is 5.36. The number of anilines is 1. The summed E-state index contributed by atoms with van der Waals surface area (Å²) < 4.78 is 67.1. The molecule has 3 heterocycles. The van der Waals surface area contributed by atoms with Crippen LogP contribution in [0.15, 0.2) is 30.9 Å². The Morgan fingerprint density at radius 2 is 1.73 bits per heavy atom. The van der Waals surface area contributed by atoms with Crippen LogP contribution in [0.25, 0.3) is 17.2 Å². The number of hydrogen-bond donors (Lipinski definition) is 11. The maximum absolute atomic E-state index is 12.7. The Hall–Kier alpha value is -4.08. The van der Waals surface area contributed by atoms with Crippen LogP contribution >= 0.6 is 35.2 Å². The van der Waals surface area contributed by atoms with Gasteiger partial charge in [0.1, 0.15) is 42.0 Å². The molecule has 0 radical (unpaired) electrons. The Kier molecular flexibility index (Phi) is 17.2. The highest BCUT2D eigenvalue weighted by molar-refractivity contribution is 8.14. The average molecular weight is 960 g/mol. The third-order valence-corrected chi connectivity index (χ3v) is 12.4. The SMILES string of the molecule is COc1cc(/C=C/C(=O)SCCNC(=O)CCNC(=O)C(O)C(C)(C)COP(=O)(O)OP(=O)(O)OC[C@H]2O[C@@H](n3cnc4c(N)ncnc43)[C@H](O)[C@@H]2OP(=O)(O)O)c(O)cc1O. The van der Waals surface area contributed by atoms with Gasteiger partial charge in [-0.3, -0.25) is 32.5 Å². The third kappa shape index (κ3) is 14.2. The smallest absolute Gasteiger partial charge is 0.481 e. The highest BCUT2D eigenvalue weighted by Crippen LogP contribution is 2.61. The Balaban J connectivity index is 1.20. The van der Waals surface area contributed by atoms with E-state index in [-0.39, 0.29) is 65.1 Å². The average Bonchev–Trinajstić information content (AvgIpc) is 3.74. The van der Waals surface area contributed by atoms with Crippen LogP contribution in [0.3, 0.4) is 0 Å². The van der Waals surface area contributed by atoms with Crippen molar-refractivity contribution < 1.29 is 95.4 Å². The van der Waals surface area contributed by atoms with E-state index in [9.17, 15) is 68.1 Å². The number of fused-ring (bicyclic) bond motifs is 1. The first-order valence-electron chi connectivity index (χ1n) is 17.7. The molecular weight excluding hydrogens is 915 g/mol. The fourth-order valence-corrected chi connectivity index (χ4v) is 8.76. The Morgan fingerprint density at radius 3 is 2.40 bits per heavy atom. The largest absolute Gasteiger partial charge is 0.507 e. The molecule has 27 nitrogen and oxygen atoms in total. The number of benzene rings is 1. The standard InChI is InChI=1S/C31H44N7O20P3S/c1-31(2,26(44)29(45)34-7-6-21(41)33-8-9-62-22(42)5-4-16-10-19(53-3)18(40)11-17(16)39)13-55-61(51,52)58-60(49,50)54-12-20-25(57-59(46,47)48)24(43)30(56-20)38-15-37-23-27(32)35-14-36-28(23)38/h4-5,10-11,14-15,20,24-26,30,39-40,43-44H,6-9,12-13H2,1-3H3,(H,33,41)(H,34,45)(H,49,50)(H,51,52)(H2,32,35,36)(H2,46,47,48)/b5-4+/t20-,24-,25-,26?,30-/m1/s1. The number of hydrogen-bond acceptors (Lipinski definition) is 21. The van der Waals surface area contributed by atoms with Crippen molar-refractivity contribution in [2.75, 3.05) is 44.9 Å². The molecule has 31 heteroatoms. The number of rotatable bonds is 22. The summed E-state index contributed by atoms with van der Waals surface area (Å²) in [4.78, 5) is 88.0. The number of aliphatic hydroxyl groups excluding tert-OH is 2. The fraction of sp³-hybridized carbons (Fsp3) is 0.484. The second-order valence-corrected chi connectivity index (χ2v) is 19.0. The summed E-state index contributed by atoms with van der Waals surface area (Å²) in [5.41, 5.74) is 4.42. The summed E-state index contributed by atoms with van der Waals surface area (Å²) in [6.07, 6.45) is -4.63. The molecule has 1 aliphatic heterocycles. The van der Waals surface area contributed by atoms with Crippen LogP contribution in [0, 0.1) is 5.41 Å². The van der Waals surface area contributed by atoms with Crippen LogP contribution in [0.4, 0.5) is 5.82 Å². The van der Waals surface area contributed by atoms with Gasteiger partial charge in [0.2, 0.25) is 16.9 Å². The van der Waals surface area contributed by atoms with Crippen molar-refractivity contribution in [3.63, 3.8) is 0 Å². The summed E-state index contributed by atoms with van der Waals surface area (Å²) in [5, 5.41) is 45.5. The van der Waals surface area contributed by atoms with Crippen molar-refractivity contribution in [3.05, 3.63) is 36.4 Å². The summed E-state index contributed by atoms with van der Waals surface area (Å²) in [6.45, 7) is 0.182. The lowest BCUT2D eigenvalue weighted by molar-refractivity contribution is -0.137. The van der Waals surface area contributed by atoms with Gasteiger partial charge in [-0.2, -0.15) is 4.31 Å². The van der Waals surface area contributed by atoms with Gasteiger partial charge in [0, 0.05) is 42.3 Å². The number of nitrogen functional groups attached to an aromatic ring is 1. The molecule has 7 atom stereocenters. The van der Waals surface area contributed by atoms with Crippen molar-refractivity contribution in [1.82, 2.24) is 30.2 Å². The molecule has 0 spiro atoms. The van der Waals surface area contributed by atoms with E-state index in [1.165, 1.54) is 39.2 Å². The van der Waals surface area contributed by atoms with Crippen molar-refractivity contribution in [2.24, 2.45) is 5.41 Å². The van der Waals surface area contributed by atoms with Gasteiger partial charge in [0.25, 0.3) is 0 Å². The molecule has 0 saturated carbocycles. The lowest BCUT2D eigenvalue weighted by atomic mass is 9.87. The number of phenolic OH excluding ortho intramolecular Hbond substituents is 2. The van der Waals surface area contributed by atoms with E-state index >= 15 is 0 Å². The number of aliphatic hydroxyl groups is 2. The lowest BCUT2D eigenvalue weighted by Gasteiger charge is -2.30. The molecule has 2 amide bonds. The van der Waals surface area contributed by atoms with Gasteiger partial charge in [-0.25, -0.2) is 28.6 Å². The van der Waals surface area contributed by atoms with Crippen molar-refractivity contribution >= 4 is 75.2 Å². The number of aromatic hydroxyl groups is 2. The number of aromatic nitrogens is 4. The molecule has 2 aromatic heterocycles. The van der Waals surface area contributed by atoms with Gasteiger partial charge < -0.3 is 65.8 Å². The van der Waals surface area contributed by atoms with Crippen LogP contribution < -0.4 is 21.1 Å². The number of nitrogens with two attached hydrogens (primary N) is 1. The third-order valence-electron chi connectivity index (χ3n) is 8.47. The molecule has 0 bridgehead atoms. The van der Waals surface area contributed by atoms with Crippen LogP contribution in [0.1, 0.15) is 32.1 Å². The minimum atomic E-state index is -5.60. The summed E-state index contributed by atoms with van der Waals surface area (Å²) in [6, 6.07) is 2.39. The second kappa shape index (κ2) is 21.1. The number of phosphoric acid groups is 3. The molecule has 4 rings (SSSR count). The van der Waals surface area contributed by atoms with E-state index in [2.05, 4.69) is 34.4 Å². The zero-order valence-electron chi connectivity index (χ0n) is 32.7. The highest BCUT2D eigenvalue weighted by Gasteiger charge is 2.50. The first-order chi connectivity index (χ1) is 28.8. The van der Waals surface area contributed by atoms with Crippen molar-refractivity contribution in [3.8, 4) is 17.2 Å². The number of thioether (sulfide) groups is 1. The Labute approximate surface area is 355 Å². The summed E-state index contributed by atoms with van der Waals surface area (Å²) in [5.74, 6) is -1.90. The number of carbonyl (C=O) groups excluding carboxylic acids is 3. The summed E-state index contributed by atoms with van der Waals surface area (Å²) >= 11 is 0.859. The maximum Gasteiger partial charge on any atom is 0.481 e. The maximum atomic E-state index is 12.7. The number of nitrogens with zero attached hydrogens (tertiary/aromatic N) is 4. The van der Waals surface area contributed by atoms with Crippen LogP contribution in [0.2, 0.25) is 0 Å². The second-order valence-electron chi connectivity index (χ2n) is 13.7. The molecule has 0 aliphatic carbocycles. The predicted molar refractivity (Wildman–Crippen MR) is 212 cm³/mol. The van der Waals surface area contributed by atoms with Gasteiger partial charge in [-0.05, 0) is 18.2 Å². The van der Waals surface area contributed by atoms with E-state index in [1.54, 1.807) is 0 Å². The minimum absolute atomic E-state index is 0.0176. The quantitative estimate of drug-likeness (QED) is 0.0353. The number of phenols is 2. The van der Waals surface area contributed by atoms with Gasteiger partial charge in [-0.15, -0.1) is 0 Å². The molecular formula is C31H44N7O20P3S. The van der Waals surface area contributed by atoms with E-state index < -0.39 is 89.7 Å². The number of amides is 2. The van der Waals surface area contributed by atoms with E-state index in [1.807, 2.05) is 0 Å². The monoisotopic (exact) mass is 959 g/mol. The van der Waals surface area contributed by atoms with Crippen LogP contribution in [-0.4, -0.2) is 140 Å². The van der Waals surface area contributed by atoms with E-state index in [0.29, 0.717) is 0 Å². The first kappa shape index (κ1) is 50.6. The van der Waals surface area contributed by atoms with Crippen LogP contribution in [0.5, 0.6) is 17.2 Å². The molecule has 1 fully saturated rings.